The zero-order valence-corrected chi connectivity index (χ0v) is 16.2. The first-order valence-electron chi connectivity index (χ1n) is 7.12. The number of ether oxygens (including phenoxy) is 2. The lowest BCUT2D eigenvalue weighted by Crippen LogP contribution is -2.43. The number of guanidine groups is 1. The zero-order valence-electron chi connectivity index (χ0n) is 13.0. The maximum atomic E-state index is 6.02. The summed E-state index contributed by atoms with van der Waals surface area (Å²) in [4.78, 5) is 6.57. The molecule has 1 aliphatic heterocycles. The van der Waals surface area contributed by atoms with Crippen LogP contribution in [0.25, 0.3) is 0 Å². The fourth-order valence-electron chi connectivity index (χ4n) is 2.04. The van der Waals surface area contributed by atoms with Crippen LogP contribution in [0.3, 0.4) is 0 Å². The predicted octanol–water partition coefficient (Wildman–Crippen LogP) is 2.44. The van der Waals surface area contributed by atoms with E-state index in [-0.39, 0.29) is 30.1 Å². The van der Waals surface area contributed by atoms with Gasteiger partial charge in [0.1, 0.15) is 17.6 Å². The number of nitrogens with zero attached hydrogens (tertiary/aromatic N) is 2. The summed E-state index contributed by atoms with van der Waals surface area (Å²) in [6.45, 7) is 4.51. The Hall–Kier alpha value is -0.830. The first-order chi connectivity index (χ1) is 10.2. The maximum Gasteiger partial charge on any atom is 0.191 e. The van der Waals surface area contributed by atoms with Gasteiger partial charge in [0.25, 0.3) is 0 Å². The number of halogens is 1. The van der Waals surface area contributed by atoms with E-state index in [1.54, 1.807) is 7.11 Å². The predicted molar refractivity (Wildman–Crippen MR) is 104 cm³/mol. The lowest BCUT2D eigenvalue weighted by molar-refractivity contribution is 0.229. The molecule has 2 N–H and O–H groups in total. The molecule has 0 aromatic heterocycles. The van der Waals surface area contributed by atoms with Crippen molar-refractivity contribution in [2.75, 3.05) is 38.2 Å². The van der Waals surface area contributed by atoms with Crippen molar-refractivity contribution in [1.29, 1.82) is 0 Å². The van der Waals surface area contributed by atoms with Crippen LogP contribution in [0.4, 0.5) is 0 Å². The normalized spacial score (nSPS) is 16.6. The molecule has 0 spiro atoms. The van der Waals surface area contributed by atoms with Crippen LogP contribution in [-0.2, 0) is 0 Å². The van der Waals surface area contributed by atoms with Gasteiger partial charge in [-0.25, -0.2) is 4.99 Å². The molecule has 0 amide bonds. The average molecular weight is 437 g/mol. The summed E-state index contributed by atoms with van der Waals surface area (Å²) in [5.74, 6) is 4.49. The minimum absolute atomic E-state index is 0. The van der Waals surface area contributed by atoms with E-state index in [1.807, 2.05) is 43.0 Å². The number of thioether (sulfide) groups is 1. The summed E-state index contributed by atoms with van der Waals surface area (Å²) in [7, 11) is 1.65. The number of aliphatic imine (C=N–C) groups is 1. The summed E-state index contributed by atoms with van der Waals surface area (Å²) in [5.41, 5.74) is 6.02. The standard InChI is InChI=1S/C15H23N3O2S.HI/c1-12(20-14-5-3-13(19-2)4-6-14)11-17-15(16)18-7-9-21-10-8-18;/h3-6,12H,7-11H2,1-2H3,(H2,16,17);1H. The highest BCUT2D eigenvalue weighted by molar-refractivity contribution is 14.0. The minimum atomic E-state index is -0.0175. The van der Waals surface area contributed by atoms with Crippen molar-refractivity contribution in [2.24, 2.45) is 10.7 Å². The summed E-state index contributed by atoms with van der Waals surface area (Å²) >= 11 is 1.96. The van der Waals surface area contributed by atoms with Crippen molar-refractivity contribution < 1.29 is 9.47 Å². The largest absolute Gasteiger partial charge is 0.497 e. The second-order valence-electron chi connectivity index (χ2n) is 4.90. The summed E-state index contributed by atoms with van der Waals surface area (Å²) in [6, 6.07) is 7.55. The fraction of sp³-hybridized carbons (Fsp3) is 0.533. The third kappa shape index (κ3) is 6.12. The van der Waals surface area contributed by atoms with Crippen molar-refractivity contribution in [2.45, 2.75) is 13.0 Å². The van der Waals surface area contributed by atoms with Gasteiger partial charge in [-0.1, -0.05) is 0 Å². The second-order valence-corrected chi connectivity index (χ2v) is 6.13. The quantitative estimate of drug-likeness (QED) is 0.436. The molecule has 2 rings (SSSR count). The maximum absolute atomic E-state index is 6.02. The molecule has 0 bridgehead atoms. The van der Waals surface area contributed by atoms with E-state index in [4.69, 9.17) is 15.2 Å². The van der Waals surface area contributed by atoms with Crippen LogP contribution in [0.5, 0.6) is 11.5 Å². The molecule has 124 valence electrons. The highest BCUT2D eigenvalue weighted by Crippen LogP contribution is 2.18. The Kier molecular flexibility index (Phi) is 8.77. The first-order valence-corrected chi connectivity index (χ1v) is 8.28. The number of methoxy groups -OCH3 is 1. The Morgan fingerprint density at radius 1 is 1.27 bits per heavy atom. The van der Waals surface area contributed by atoms with Crippen LogP contribution in [0, 0.1) is 0 Å². The molecule has 1 aromatic rings. The summed E-state index contributed by atoms with van der Waals surface area (Å²) in [5, 5.41) is 0. The van der Waals surface area contributed by atoms with Crippen LogP contribution in [0.15, 0.2) is 29.3 Å². The Bertz CT molecular complexity index is 464. The van der Waals surface area contributed by atoms with Gasteiger partial charge in [0.05, 0.1) is 13.7 Å². The number of nitrogens with two attached hydrogens (primary N) is 1. The lowest BCUT2D eigenvalue weighted by atomic mass is 10.3. The van der Waals surface area contributed by atoms with Crippen LogP contribution in [0.1, 0.15) is 6.92 Å². The molecule has 0 radical (unpaired) electrons. The topological polar surface area (TPSA) is 60.1 Å². The van der Waals surface area contributed by atoms with Crippen LogP contribution in [0.2, 0.25) is 0 Å². The zero-order chi connectivity index (χ0) is 15.1. The van der Waals surface area contributed by atoms with E-state index in [2.05, 4.69) is 9.89 Å². The van der Waals surface area contributed by atoms with Crippen molar-refractivity contribution in [3.63, 3.8) is 0 Å². The summed E-state index contributed by atoms with van der Waals surface area (Å²) in [6.07, 6.45) is -0.0175. The summed E-state index contributed by atoms with van der Waals surface area (Å²) < 4.78 is 10.9. The molecule has 1 atom stereocenters. The first kappa shape index (κ1) is 19.2. The smallest absolute Gasteiger partial charge is 0.191 e. The highest BCUT2D eigenvalue weighted by atomic mass is 127. The lowest BCUT2D eigenvalue weighted by Gasteiger charge is -2.27. The number of hydrogen-bond donors (Lipinski definition) is 1. The van der Waals surface area contributed by atoms with E-state index >= 15 is 0 Å². The van der Waals surface area contributed by atoms with Gasteiger partial charge in [-0.05, 0) is 31.2 Å². The molecular weight excluding hydrogens is 413 g/mol. The van der Waals surface area contributed by atoms with E-state index in [1.165, 1.54) is 0 Å². The Balaban J connectivity index is 0.00000242. The van der Waals surface area contributed by atoms with Gasteiger partial charge in [-0.2, -0.15) is 11.8 Å². The van der Waals surface area contributed by atoms with E-state index in [0.29, 0.717) is 12.5 Å². The molecule has 7 heteroatoms. The Labute approximate surface area is 153 Å². The van der Waals surface area contributed by atoms with Crippen LogP contribution < -0.4 is 15.2 Å². The minimum Gasteiger partial charge on any atom is -0.497 e. The molecule has 1 heterocycles. The van der Waals surface area contributed by atoms with Gasteiger partial charge in [-0.15, -0.1) is 24.0 Å². The molecule has 1 fully saturated rings. The van der Waals surface area contributed by atoms with E-state index < -0.39 is 0 Å². The molecule has 5 nitrogen and oxygen atoms in total. The highest BCUT2D eigenvalue weighted by Gasteiger charge is 2.12. The van der Waals surface area contributed by atoms with Gasteiger partial charge in [0.2, 0.25) is 0 Å². The average Bonchev–Trinajstić information content (AvgIpc) is 2.54. The molecule has 1 aromatic carbocycles. The monoisotopic (exact) mass is 437 g/mol. The third-order valence-corrected chi connectivity index (χ3v) is 4.18. The van der Waals surface area contributed by atoms with Crippen molar-refractivity contribution >= 4 is 41.7 Å². The molecule has 0 aliphatic carbocycles. The van der Waals surface area contributed by atoms with Gasteiger partial charge < -0.3 is 20.1 Å². The van der Waals surface area contributed by atoms with Gasteiger partial charge in [0, 0.05) is 24.6 Å². The molecule has 0 saturated carbocycles. The number of hydrogen-bond acceptors (Lipinski definition) is 4. The van der Waals surface area contributed by atoms with Crippen LogP contribution in [-0.4, -0.2) is 55.2 Å². The van der Waals surface area contributed by atoms with E-state index in [0.717, 1.165) is 36.1 Å². The SMILES string of the molecule is COc1ccc(OC(C)CN=C(N)N2CCSCC2)cc1.I. The van der Waals surface area contributed by atoms with Crippen molar-refractivity contribution in [3.8, 4) is 11.5 Å². The molecule has 22 heavy (non-hydrogen) atoms. The van der Waals surface area contributed by atoms with Gasteiger partial charge in [-0.3, -0.25) is 0 Å². The molecule has 1 aliphatic rings. The van der Waals surface area contributed by atoms with E-state index in [9.17, 15) is 0 Å². The second kappa shape index (κ2) is 10.0. The fourth-order valence-corrected chi connectivity index (χ4v) is 2.94. The molecule has 1 saturated heterocycles. The van der Waals surface area contributed by atoms with Crippen molar-refractivity contribution in [3.05, 3.63) is 24.3 Å². The van der Waals surface area contributed by atoms with Crippen molar-refractivity contribution in [1.82, 2.24) is 4.90 Å². The Morgan fingerprint density at radius 3 is 2.45 bits per heavy atom. The number of rotatable bonds is 5. The van der Waals surface area contributed by atoms with Crippen LogP contribution >= 0.6 is 35.7 Å². The van der Waals surface area contributed by atoms with Gasteiger partial charge in [0.15, 0.2) is 5.96 Å². The Morgan fingerprint density at radius 2 is 1.86 bits per heavy atom. The number of benzene rings is 1. The molecular formula is C15H24IN3O2S. The molecule has 1 unspecified atom stereocenters. The third-order valence-electron chi connectivity index (χ3n) is 3.24. The van der Waals surface area contributed by atoms with Gasteiger partial charge >= 0.3 is 0 Å².